The van der Waals surface area contributed by atoms with Crippen LogP contribution < -0.4 is 5.32 Å². The number of carbonyl (C=O) groups is 1. The molecule has 0 bridgehead atoms. The second kappa shape index (κ2) is 8.11. The summed E-state index contributed by atoms with van der Waals surface area (Å²) in [6, 6.07) is 15.4. The average Bonchev–Trinajstić information content (AvgIpc) is 3.35. The van der Waals surface area contributed by atoms with Crippen LogP contribution in [0.2, 0.25) is 0 Å². The zero-order valence-corrected chi connectivity index (χ0v) is 15.6. The molecule has 0 fully saturated rings. The molecule has 27 heavy (non-hydrogen) atoms. The van der Waals surface area contributed by atoms with E-state index in [1.807, 2.05) is 60.7 Å². The number of rotatable bonds is 6. The van der Waals surface area contributed by atoms with Crippen molar-refractivity contribution >= 4 is 58.3 Å². The van der Waals surface area contributed by atoms with Crippen LogP contribution in [0.5, 0.6) is 0 Å². The zero-order chi connectivity index (χ0) is 18.5. The molecular weight excluding hydrogens is 380 g/mol. The minimum absolute atomic E-state index is 0.147. The summed E-state index contributed by atoms with van der Waals surface area (Å²) in [5, 5.41) is 10.4. The van der Waals surface area contributed by atoms with Gasteiger partial charge in [0.2, 0.25) is 11.1 Å². The second-order valence-electron chi connectivity index (χ2n) is 5.52. The number of anilines is 1. The monoisotopic (exact) mass is 394 g/mol. The Labute approximate surface area is 163 Å². The zero-order valence-electron chi connectivity index (χ0n) is 14.0. The lowest BCUT2D eigenvalue weighted by atomic mass is 10.2. The third kappa shape index (κ3) is 4.39. The highest BCUT2D eigenvalue weighted by Crippen LogP contribution is 2.22. The van der Waals surface area contributed by atoms with Crippen molar-refractivity contribution in [1.29, 1.82) is 0 Å². The fraction of sp³-hybridized carbons (Fsp3) is 0.0556. The maximum Gasteiger partial charge on any atom is 0.234 e. The molecule has 7 nitrogen and oxygen atoms in total. The van der Waals surface area contributed by atoms with Crippen LogP contribution in [0.25, 0.3) is 23.2 Å². The molecule has 2 aromatic heterocycles. The summed E-state index contributed by atoms with van der Waals surface area (Å²) >= 11 is 2.39. The van der Waals surface area contributed by atoms with Crippen molar-refractivity contribution in [2.75, 3.05) is 11.1 Å². The lowest BCUT2D eigenvalue weighted by molar-refractivity contribution is -0.113. The van der Waals surface area contributed by atoms with Crippen LogP contribution >= 0.6 is 23.5 Å². The first-order valence-electron chi connectivity index (χ1n) is 8.07. The van der Waals surface area contributed by atoms with Gasteiger partial charge in [0.05, 0.1) is 23.2 Å². The Bertz CT molecular complexity index is 1090. The summed E-state index contributed by atoms with van der Waals surface area (Å²) in [5.41, 5.74) is 3.21. The van der Waals surface area contributed by atoms with Gasteiger partial charge in [0.1, 0.15) is 16.9 Å². The topological polar surface area (TPSA) is 96.5 Å². The van der Waals surface area contributed by atoms with E-state index in [4.69, 9.17) is 0 Å². The summed E-state index contributed by atoms with van der Waals surface area (Å²) in [5.74, 6) is 0.694. The number of aromatic nitrogens is 5. The number of benzene rings is 2. The van der Waals surface area contributed by atoms with E-state index in [1.54, 1.807) is 0 Å². The number of hydrogen-bond donors (Lipinski definition) is 2. The van der Waals surface area contributed by atoms with Gasteiger partial charge in [-0.3, -0.25) is 9.89 Å². The number of carbonyl (C=O) groups excluding carboxylic acids is 1. The molecule has 9 heteroatoms. The summed E-state index contributed by atoms with van der Waals surface area (Å²) < 4.78 is 8.38. The van der Waals surface area contributed by atoms with Gasteiger partial charge in [-0.05, 0) is 23.8 Å². The highest BCUT2D eigenvalue weighted by atomic mass is 32.2. The molecule has 134 valence electrons. The molecule has 0 aliphatic carbocycles. The van der Waals surface area contributed by atoms with E-state index < -0.39 is 0 Å². The van der Waals surface area contributed by atoms with Crippen LogP contribution in [-0.4, -0.2) is 35.6 Å². The Morgan fingerprint density at radius 1 is 1.11 bits per heavy atom. The lowest BCUT2D eigenvalue weighted by Gasteiger charge is -2.04. The molecule has 0 saturated carbocycles. The minimum Gasteiger partial charge on any atom is -0.323 e. The number of fused-ring (bicyclic) bond motifs is 1. The molecule has 0 radical (unpaired) electrons. The van der Waals surface area contributed by atoms with Crippen molar-refractivity contribution in [2.45, 2.75) is 5.16 Å². The molecule has 0 saturated heterocycles. The fourth-order valence-corrected chi connectivity index (χ4v) is 3.52. The number of nitrogens with one attached hydrogen (secondary N) is 2. The van der Waals surface area contributed by atoms with E-state index >= 15 is 0 Å². The van der Waals surface area contributed by atoms with Gasteiger partial charge in [-0.25, -0.2) is 4.98 Å². The third-order valence-corrected chi connectivity index (χ3v) is 5.00. The van der Waals surface area contributed by atoms with Gasteiger partial charge >= 0.3 is 0 Å². The average molecular weight is 394 g/mol. The molecule has 0 spiro atoms. The second-order valence-corrected chi connectivity index (χ2v) is 6.99. The van der Waals surface area contributed by atoms with E-state index in [0.717, 1.165) is 22.8 Å². The predicted molar refractivity (Wildman–Crippen MR) is 109 cm³/mol. The van der Waals surface area contributed by atoms with Crippen LogP contribution in [0, 0.1) is 0 Å². The Balaban J connectivity index is 1.34. The Kier molecular flexibility index (Phi) is 5.22. The Morgan fingerprint density at radius 2 is 2.00 bits per heavy atom. The summed E-state index contributed by atoms with van der Waals surface area (Å²) in [4.78, 5) is 16.6. The summed E-state index contributed by atoms with van der Waals surface area (Å²) in [6.07, 6.45) is 3.80. The SMILES string of the molecule is O=C(CSc1n[nH]c(/C=C/c2ccccc2)n1)Nc1cccc2nsnc12. The standard InChI is InChI=1S/C18H14N6OS2/c25-16(19-13-7-4-8-14-17(13)24-27-23-14)11-26-18-20-15(21-22-18)10-9-12-5-2-1-3-6-12/h1-10H,11H2,(H,19,25)(H,20,21,22)/b10-9+. The van der Waals surface area contributed by atoms with Crippen LogP contribution in [0.1, 0.15) is 11.4 Å². The van der Waals surface area contributed by atoms with Crippen molar-refractivity contribution in [3.05, 3.63) is 59.9 Å². The van der Waals surface area contributed by atoms with Crippen molar-refractivity contribution in [3.63, 3.8) is 0 Å². The van der Waals surface area contributed by atoms with E-state index in [1.165, 1.54) is 11.8 Å². The third-order valence-electron chi connectivity index (χ3n) is 3.61. The van der Waals surface area contributed by atoms with Gasteiger partial charge in [-0.15, -0.1) is 5.10 Å². The van der Waals surface area contributed by atoms with Crippen LogP contribution in [0.4, 0.5) is 5.69 Å². The Hall–Kier alpha value is -3.04. The number of hydrogen-bond acceptors (Lipinski definition) is 7. The predicted octanol–water partition coefficient (Wildman–Crippen LogP) is 3.71. The minimum atomic E-state index is -0.147. The van der Waals surface area contributed by atoms with Crippen LogP contribution in [-0.2, 0) is 4.79 Å². The first kappa shape index (κ1) is 17.4. The summed E-state index contributed by atoms with van der Waals surface area (Å²) in [6.45, 7) is 0. The van der Waals surface area contributed by atoms with Gasteiger partial charge in [-0.1, -0.05) is 54.2 Å². The number of nitrogens with zero attached hydrogens (tertiary/aromatic N) is 4. The van der Waals surface area contributed by atoms with E-state index in [9.17, 15) is 4.79 Å². The van der Waals surface area contributed by atoms with E-state index in [-0.39, 0.29) is 11.7 Å². The highest BCUT2D eigenvalue weighted by molar-refractivity contribution is 7.99. The molecule has 0 unspecified atom stereocenters. The van der Waals surface area contributed by atoms with Gasteiger partial charge in [0.25, 0.3) is 0 Å². The van der Waals surface area contributed by atoms with Crippen LogP contribution in [0.3, 0.4) is 0 Å². The van der Waals surface area contributed by atoms with Gasteiger partial charge in [-0.2, -0.15) is 8.75 Å². The van der Waals surface area contributed by atoms with E-state index in [0.29, 0.717) is 22.2 Å². The first-order chi connectivity index (χ1) is 13.3. The quantitative estimate of drug-likeness (QED) is 0.484. The molecule has 4 aromatic rings. The Morgan fingerprint density at radius 3 is 2.89 bits per heavy atom. The first-order valence-corrected chi connectivity index (χ1v) is 9.79. The van der Waals surface area contributed by atoms with Crippen molar-refractivity contribution < 1.29 is 4.79 Å². The van der Waals surface area contributed by atoms with Gasteiger partial charge in [0.15, 0.2) is 0 Å². The molecule has 0 aliphatic heterocycles. The smallest absolute Gasteiger partial charge is 0.234 e. The van der Waals surface area contributed by atoms with Crippen molar-refractivity contribution in [3.8, 4) is 0 Å². The van der Waals surface area contributed by atoms with Gasteiger partial charge in [0, 0.05) is 0 Å². The molecule has 2 heterocycles. The van der Waals surface area contributed by atoms with Crippen LogP contribution in [0.15, 0.2) is 53.7 Å². The fourth-order valence-electron chi connectivity index (χ4n) is 2.36. The van der Waals surface area contributed by atoms with E-state index in [2.05, 4.69) is 29.2 Å². The maximum atomic E-state index is 12.2. The molecule has 2 aromatic carbocycles. The highest BCUT2D eigenvalue weighted by Gasteiger charge is 2.10. The molecule has 1 amide bonds. The molecular formula is C18H14N6OS2. The summed E-state index contributed by atoms with van der Waals surface area (Å²) in [7, 11) is 0. The van der Waals surface area contributed by atoms with Gasteiger partial charge < -0.3 is 5.32 Å². The number of aromatic amines is 1. The molecule has 2 N–H and O–H groups in total. The van der Waals surface area contributed by atoms with Crippen molar-refractivity contribution in [1.82, 2.24) is 23.9 Å². The number of amides is 1. The molecule has 0 aliphatic rings. The molecule has 4 rings (SSSR count). The maximum absolute atomic E-state index is 12.2. The number of thioether (sulfide) groups is 1. The van der Waals surface area contributed by atoms with Crippen molar-refractivity contribution in [2.24, 2.45) is 0 Å². The normalized spacial score (nSPS) is 11.3. The number of H-pyrrole nitrogens is 1. The largest absolute Gasteiger partial charge is 0.323 e. The molecule has 0 atom stereocenters. The lowest BCUT2D eigenvalue weighted by Crippen LogP contribution is -2.14.